The highest BCUT2D eigenvalue weighted by atomic mass is 16.6. The number of rotatable bonds is 9. The predicted molar refractivity (Wildman–Crippen MR) is 110 cm³/mol. The molecule has 0 N–H and O–H groups in total. The van der Waals surface area contributed by atoms with Crippen LogP contribution in [0.2, 0.25) is 0 Å². The Morgan fingerprint density at radius 1 is 1.10 bits per heavy atom. The molecule has 0 spiro atoms. The zero-order valence-corrected chi connectivity index (χ0v) is 17.1. The fourth-order valence-electron chi connectivity index (χ4n) is 2.56. The minimum atomic E-state index is -0.736. The number of ether oxygens (including phenoxy) is 4. The topological polar surface area (TPSA) is 94.9 Å². The molecule has 2 aromatic rings. The van der Waals surface area contributed by atoms with Crippen molar-refractivity contribution in [2.45, 2.75) is 19.8 Å². The summed E-state index contributed by atoms with van der Waals surface area (Å²) in [6.07, 6.45) is 2.04. The van der Waals surface area contributed by atoms with Crippen LogP contribution in [0, 0.1) is 18.3 Å². The van der Waals surface area contributed by atoms with Gasteiger partial charge in [0.05, 0.1) is 20.8 Å². The largest absolute Gasteiger partial charge is 0.494 e. The zero-order valence-electron chi connectivity index (χ0n) is 17.1. The average Bonchev–Trinajstić information content (AvgIpc) is 2.75. The average molecular weight is 409 g/mol. The Morgan fingerprint density at radius 2 is 1.90 bits per heavy atom. The maximum Gasteiger partial charge on any atom is 0.348 e. The van der Waals surface area contributed by atoms with Gasteiger partial charge in [-0.3, -0.25) is 4.79 Å². The summed E-state index contributed by atoms with van der Waals surface area (Å²) in [5, 5.41) is 9.05. The van der Waals surface area contributed by atoms with Crippen LogP contribution in [-0.4, -0.2) is 32.8 Å². The normalized spacial score (nSPS) is 10.7. The van der Waals surface area contributed by atoms with E-state index >= 15 is 0 Å². The van der Waals surface area contributed by atoms with Crippen molar-refractivity contribution in [2.24, 2.45) is 0 Å². The summed E-state index contributed by atoms with van der Waals surface area (Å²) < 4.78 is 20.8. The molecule has 0 unspecified atom stereocenters. The van der Waals surface area contributed by atoms with Gasteiger partial charge in [0.1, 0.15) is 17.4 Å². The van der Waals surface area contributed by atoms with Crippen molar-refractivity contribution in [3.63, 3.8) is 0 Å². The second kappa shape index (κ2) is 11.3. The molecule has 7 nitrogen and oxygen atoms in total. The van der Waals surface area contributed by atoms with Crippen LogP contribution in [-0.2, 0) is 14.3 Å². The van der Waals surface area contributed by atoms with Gasteiger partial charge >= 0.3 is 11.9 Å². The van der Waals surface area contributed by atoms with Gasteiger partial charge in [-0.2, -0.15) is 5.26 Å². The Labute approximate surface area is 175 Å². The van der Waals surface area contributed by atoms with Crippen molar-refractivity contribution >= 4 is 18.0 Å². The fraction of sp³-hybridized carbons (Fsp3) is 0.261. The molecule has 0 bridgehead atoms. The standard InChI is InChI=1S/C23H23NO6/c1-16-6-4-7-19(12-16)29-11-5-8-22(25)30-20-10-9-17(14-21(20)27-2)13-18(15-24)23(26)28-3/h4,6-7,9-10,12-14H,5,8,11H2,1-3H3. The van der Waals surface area contributed by atoms with Crippen LogP contribution in [0.4, 0.5) is 0 Å². The number of esters is 2. The highest BCUT2D eigenvalue weighted by Gasteiger charge is 2.13. The molecule has 2 aromatic carbocycles. The number of hydrogen-bond acceptors (Lipinski definition) is 7. The monoisotopic (exact) mass is 409 g/mol. The number of methoxy groups -OCH3 is 2. The third kappa shape index (κ3) is 6.67. The van der Waals surface area contributed by atoms with E-state index in [9.17, 15) is 9.59 Å². The number of carbonyl (C=O) groups excluding carboxylic acids is 2. The Bertz CT molecular complexity index is 974. The lowest BCUT2D eigenvalue weighted by Gasteiger charge is -2.10. The van der Waals surface area contributed by atoms with E-state index < -0.39 is 11.9 Å². The number of nitriles is 1. The van der Waals surface area contributed by atoms with Crippen molar-refractivity contribution in [1.29, 1.82) is 5.26 Å². The Balaban J connectivity index is 1.94. The Morgan fingerprint density at radius 3 is 2.57 bits per heavy atom. The maximum atomic E-state index is 12.1. The van der Waals surface area contributed by atoms with Crippen LogP contribution in [0.3, 0.4) is 0 Å². The van der Waals surface area contributed by atoms with E-state index in [1.165, 1.54) is 26.4 Å². The van der Waals surface area contributed by atoms with Crippen molar-refractivity contribution in [2.75, 3.05) is 20.8 Å². The third-order valence-electron chi connectivity index (χ3n) is 4.03. The number of hydrogen-bond donors (Lipinski definition) is 0. The van der Waals surface area contributed by atoms with E-state index in [0.717, 1.165) is 11.3 Å². The first-order chi connectivity index (χ1) is 14.5. The second-order valence-corrected chi connectivity index (χ2v) is 6.31. The van der Waals surface area contributed by atoms with Crippen LogP contribution < -0.4 is 14.2 Å². The van der Waals surface area contributed by atoms with Gasteiger partial charge in [-0.25, -0.2) is 4.79 Å². The van der Waals surface area contributed by atoms with E-state index in [1.807, 2.05) is 31.2 Å². The molecule has 0 heterocycles. The van der Waals surface area contributed by atoms with Crippen molar-refractivity contribution in [3.05, 3.63) is 59.2 Å². The molecular weight excluding hydrogens is 386 g/mol. The first kappa shape index (κ1) is 22.5. The van der Waals surface area contributed by atoms with E-state index in [-0.39, 0.29) is 17.7 Å². The molecule has 0 aliphatic carbocycles. The molecule has 0 aromatic heterocycles. The van der Waals surface area contributed by atoms with Gasteiger partial charge in [0.25, 0.3) is 0 Å². The van der Waals surface area contributed by atoms with E-state index in [4.69, 9.17) is 19.5 Å². The molecule has 2 rings (SSSR count). The van der Waals surface area contributed by atoms with Gasteiger partial charge in [-0.05, 0) is 54.8 Å². The maximum absolute atomic E-state index is 12.1. The van der Waals surface area contributed by atoms with Crippen molar-refractivity contribution in [1.82, 2.24) is 0 Å². The molecule has 30 heavy (non-hydrogen) atoms. The molecule has 0 radical (unpaired) electrons. The van der Waals surface area contributed by atoms with Crippen LogP contribution in [0.1, 0.15) is 24.0 Å². The molecule has 0 saturated carbocycles. The summed E-state index contributed by atoms with van der Waals surface area (Å²) in [6, 6.07) is 14.2. The van der Waals surface area contributed by atoms with Crippen LogP contribution in [0.5, 0.6) is 17.2 Å². The number of carbonyl (C=O) groups is 2. The summed E-state index contributed by atoms with van der Waals surface area (Å²) in [7, 11) is 2.63. The van der Waals surface area contributed by atoms with E-state index in [0.29, 0.717) is 24.3 Å². The summed E-state index contributed by atoms with van der Waals surface area (Å²) >= 11 is 0. The van der Waals surface area contributed by atoms with Crippen LogP contribution >= 0.6 is 0 Å². The second-order valence-electron chi connectivity index (χ2n) is 6.31. The third-order valence-corrected chi connectivity index (χ3v) is 4.03. The molecule has 0 fully saturated rings. The fourth-order valence-corrected chi connectivity index (χ4v) is 2.56. The highest BCUT2D eigenvalue weighted by molar-refractivity contribution is 5.97. The van der Waals surface area contributed by atoms with Gasteiger partial charge < -0.3 is 18.9 Å². The van der Waals surface area contributed by atoms with E-state index in [1.54, 1.807) is 18.2 Å². The molecule has 0 aliphatic heterocycles. The summed E-state index contributed by atoms with van der Waals surface area (Å²) in [4.78, 5) is 23.7. The van der Waals surface area contributed by atoms with Crippen molar-refractivity contribution < 1.29 is 28.5 Å². The Hall–Kier alpha value is -3.79. The molecule has 0 atom stereocenters. The lowest BCUT2D eigenvalue weighted by molar-refractivity contribution is -0.136. The van der Waals surface area contributed by atoms with E-state index in [2.05, 4.69) is 4.74 Å². The Kier molecular flexibility index (Phi) is 8.45. The minimum absolute atomic E-state index is 0.155. The van der Waals surface area contributed by atoms with Gasteiger partial charge in [0.15, 0.2) is 11.5 Å². The summed E-state index contributed by atoms with van der Waals surface area (Å²) in [5.41, 5.74) is 1.48. The van der Waals surface area contributed by atoms with Gasteiger partial charge in [-0.1, -0.05) is 18.2 Å². The number of nitrogens with zero attached hydrogens (tertiary/aromatic N) is 1. The first-order valence-corrected chi connectivity index (χ1v) is 9.25. The molecule has 0 aliphatic rings. The molecule has 0 saturated heterocycles. The zero-order chi connectivity index (χ0) is 21.9. The van der Waals surface area contributed by atoms with Gasteiger partial charge in [0, 0.05) is 6.42 Å². The quantitative estimate of drug-likeness (QED) is 0.204. The van der Waals surface area contributed by atoms with Crippen LogP contribution in [0.25, 0.3) is 6.08 Å². The lowest BCUT2D eigenvalue weighted by Crippen LogP contribution is -2.10. The van der Waals surface area contributed by atoms with Crippen LogP contribution in [0.15, 0.2) is 48.0 Å². The summed E-state index contributed by atoms with van der Waals surface area (Å²) in [5.74, 6) is 0.153. The SMILES string of the molecule is COC(=O)C(C#N)=Cc1ccc(OC(=O)CCCOc2cccc(C)c2)c(OC)c1. The number of benzene rings is 2. The summed E-state index contributed by atoms with van der Waals surface area (Å²) in [6.45, 7) is 2.37. The van der Waals surface area contributed by atoms with Crippen molar-refractivity contribution in [3.8, 4) is 23.3 Å². The van der Waals surface area contributed by atoms with Gasteiger partial charge in [0.2, 0.25) is 0 Å². The lowest BCUT2D eigenvalue weighted by atomic mass is 10.1. The highest BCUT2D eigenvalue weighted by Crippen LogP contribution is 2.29. The smallest absolute Gasteiger partial charge is 0.348 e. The van der Waals surface area contributed by atoms with Gasteiger partial charge in [-0.15, -0.1) is 0 Å². The molecule has 7 heteroatoms. The first-order valence-electron chi connectivity index (χ1n) is 9.25. The number of aryl methyl sites for hydroxylation is 1. The minimum Gasteiger partial charge on any atom is -0.494 e. The molecular formula is C23H23NO6. The predicted octanol–water partition coefficient (Wildman–Crippen LogP) is 3.85. The molecule has 0 amide bonds. The molecule has 156 valence electrons.